The highest BCUT2D eigenvalue weighted by atomic mass is 35.5. The molecule has 1 aromatic carbocycles. The standard InChI is InChI=1S/C16H23ClN2/c1-18-11-13-14(17)6-4-8-16(13)19-10-9-12-5-2-3-7-15(12)19/h4,6,8,12,15,18H,2-3,5,7,9-11H2,1H3. The summed E-state index contributed by atoms with van der Waals surface area (Å²) in [5.74, 6) is 0.912. The van der Waals surface area contributed by atoms with E-state index in [1.54, 1.807) is 0 Å². The predicted octanol–water partition coefficient (Wildman–Crippen LogP) is 3.83. The average molecular weight is 279 g/mol. The highest BCUT2D eigenvalue weighted by Crippen LogP contribution is 2.40. The monoisotopic (exact) mass is 278 g/mol. The Labute approximate surface area is 121 Å². The molecule has 1 aromatic rings. The van der Waals surface area contributed by atoms with E-state index < -0.39 is 0 Å². The van der Waals surface area contributed by atoms with Crippen LogP contribution in [0.25, 0.3) is 0 Å². The Kier molecular flexibility index (Phi) is 3.99. The first kappa shape index (κ1) is 13.3. The topological polar surface area (TPSA) is 15.3 Å². The summed E-state index contributed by atoms with van der Waals surface area (Å²) in [5, 5.41) is 4.14. The third kappa shape index (κ3) is 2.48. The van der Waals surface area contributed by atoms with Crippen molar-refractivity contribution in [1.29, 1.82) is 0 Å². The average Bonchev–Trinajstić information content (AvgIpc) is 2.85. The Morgan fingerprint density at radius 2 is 2.11 bits per heavy atom. The number of anilines is 1. The third-order valence-corrected chi connectivity index (χ3v) is 5.12. The molecule has 0 bridgehead atoms. The molecule has 0 aromatic heterocycles. The fourth-order valence-corrected chi connectivity index (χ4v) is 4.11. The van der Waals surface area contributed by atoms with Crippen LogP contribution in [-0.2, 0) is 6.54 Å². The molecule has 1 aliphatic heterocycles. The van der Waals surface area contributed by atoms with Crippen molar-refractivity contribution in [3.8, 4) is 0 Å². The van der Waals surface area contributed by atoms with Gasteiger partial charge in [0.25, 0.3) is 0 Å². The zero-order valence-corrected chi connectivity index (χ0v) is 12.4. The van der Waals surface area contributed by atoms with Gasteiger partial charge in [-0.05, 0) is 44.4 Å². The Morgan fingerprint density at radius 1 is 1.26 bits per heavy atom. The fraction of sp³-hybridized carbons (Fsp3) is 0.625. The lowest BCUT2D eigenvalue weighted by atomic mass is 9.85. The van der Waals surface area contributed by atoms with Gasteiger partial charge in [0, 0.05) is 35.4 Å². The van der Waals surface area contributed by atoms with Crippen molar-refractivity contribution < 1.29 is 0 Å². The smallest absolute Gasteiger partial charge is 0.0471 e. The molecule has 3 heteroatoms. The summed E-state index contributed by atoms with van der Waals surface area (Å²) in [5.41, 5.74) is 2.62. The third-order valence-electron chi connectivity index (χ3n) is 4.77. The van der Waals surface area contributed by atoms with Gasteiger partial charge in [0.05, 0.1) is 0 Å². The van der Waals surface area contributed by atoms with Gasteiger partial charge < -0.3 is 10.2 Å². The Balaban J connectivity index is 1.91. The van der Waals surface area contributed by atoms with Crippen molar-refractivity contribution >= 4 is 17.3 Å². The molecular formula is C16H23ClN2. The highest BCUT2D eigenvalue weighted by molar-refractivity contribution is 6.31. The van der Waals surface area contributed by atoms with E-state index in [1.165, 1.54) is 49.9 Å². The first-order valence-corrected chi connectivity index (χ1v) is 7.87. The van der Waals surface area contributed by atoms with Gasteiger partial charge in [-0.15, -0.1) is 0 Å². The second-order valence-electron chi connectivity index (χ2n) is 5.86. The van der Waals surface area contributed by atoms with Crippen LogP contribution in [0.3, 0.4) is 0 Å². The van der Waals surface area contributed by atoms with E-state index in [1.807, 2.05) is 13.1 Å². The zero-order chi connectivity index (χ0) is 13.2. The lowest BCUT2D eigenvalue weighted by Gasteiger charge is -2.34. The van der Waals surface area contributed by atoms with Gasteiger partial charge in [0.1, 0.15) is 0 Å². The van der Waals surface area contributed by atoms with Crippen molar-refractivity contribution in [3.05, 3.63) is 28.8 Å². The zero-order valence-electron chi connectivity index (χ0n) is 11.7. The van der Waals surface area contributed by atoms with Crippen LogP contribution in [-0.4, -0.2) is 19.6 Å². The van der Waals surface area contributed by atoms with Crippen molar-refractivity contribution in [1.82, 2.24) is 5.32 Å². The van der Waals surface area contributed by atoms with E-state index in [0.29, 0.717) is 0 Å². The molecule has 2 unspecified atom stereocenters. The van der Waals surface area contributed by atoms with E-state index in [2.05, 4.69) is 22.3 Å². The number of benzene rings is 1. The Hall–Kier alpha value is -0.730. The maximum atomic E-state index is 6.40. The summed E-state index contributed by atoms with van der Waals surface area (Å²) in [6.45, 7) is 2.05. The van der Waals surface area contributed by atoms with Crippen molar-refractivity contribution in [3.63, 3.8) is 0 Å². The van der Waals surface area contributed by atoms with Crippen LogP contribution in [0, 0.1) is 5.92 Å². The molecule has 3 rings (SSSR count). The molecule has 1 aliphatic carbocycles. The number of rotatable bonds is 3. The molecule has 0 radical (unpaired) electrons. The van der Waals surface area contributed by atoms with Gasteiger partial charge in [0.15, 0.2) is 0 Å². The van der Waals surface area contributed by atoms with Crippen molar-refractivity contribution in [2.24, 2.45) is 5.92 Å². The van der Waals surface area contributed by atoms with Crippen LogP contribution in [0.1, 0.15) is 37.7 Å². The lowest BCUT2D eigenvalue weighted by Crippen LogP contribution is -2.35. The van der Waals surface area contributed by atoms with Crippen LogP contribution in [0.15, 0.2) is 18.2 Å². The van der Waals surface area contributed by atoms with E-state index in [0.717, 1.165) is 23.5 Å². The molecule has 2 atom stereocenters. The molecule has 2 aliphatic rings. The second kappa shape index (κ2) is 5.72. The highest BCUT2D eigenvalue weighted by Gasteiger charge is 2.36. The van der Waals surface area contributed by atoms with Crippen LogP contribution in [0.4, 0.5) is 5.69 Å². The van der Waals surface area contributed by atoms with E-state index in [9.17, 15) is 0 Å². The number of nitrogens with zero attached hydrogens (tertiary/aromatic N) is 1. The molecule has 2 nitrogen and oxygen atoms in total. The molecule has 1 saturated heterocycles. The predicted molar refractivity (Wildman–Crippen MR) is 81.9 cm³/mol. The summed E-state index contributed by atoms with van der Waals surface area (Å²) in [4.78, 5) is 2.63. The van der Waals surface area contributed by atoms with E-state index in [-0.39, 0.29) is 0 Å². The minimum absolute atomic E-state index is 0.753. The molecular weight excluding hydrogens is 256 g/mol. The van der Waals surface area contributed by atoms with Gasteiger partial charge in [-0.25, -0.2) is 0 Å². The Bertz CT molecular complexity index is 446. The van der Waals surface area contributed by atoms with Gasteiger partial charge >= 0.3 is 0 Å². The van der Waals surface area contributed by atoms with Gasteiger partial charge in [-0.3, -0.25) is 0 Å². The summed E-state index contributed by atoms with van der Waals surface area (Å²) in [6.07, 6.45) is 6.95. The molecule has 0 amide bonds. The number of halogens is 1. The molecule has 1 N–H and O–H groups in total. The first-order chi connectivity index (χ1) is 9.31. The second-order valence-corrected chi connectivity index (χ2v) is 6.27. The molecule has 2 fully saturated rings. The number of hydrogen-bond donors (Lipinski definition) is 1. The van der Waals surface area contributed by atoms with Crippen molar-refractivity contribution in [2.45, 2.75) is 44.7 Å². The fourth-order valence-electron chi connectivity index (χ4n) is 3.87. The number of hydrogen-bond acceptors (Lipinski definition) is 2. The van der Waals surface area contributed by atoms with Crippen LogP contribution >= 0.6 is 11.6 Å². The summed E-state index contributed by atoms with van der Waals surface area (Å²) in [6, 6.07) is 7.09. The summed E-state index contributed by atoms with van der Waals surface area (Å²) in [7, 11) is 1.99. The van der Waals surface area contributed by atoms with Gasteiger partial charge in [0.2, 0.25) is 0 Å². The van der Waals surface area contributed by atoms with Gasteiger partial charge in [-0.1, -0.05) is 30.5 Å². The quantitative estimate of drug-likeness (QED) is 0.904. The van der Waals surface area contributed by atoms with E-state index in [4.69, 9.17) is 11.6 Å². The summed E-state index contributed by atoms with van der Waals surface area (Å²) >= 11 is 6.40. The first-order valence-electron chi connectivity index (χ1n) is 7.50. The normalized spacial score (nSPS) is 26.5. The Morgan fingerprint density at radius 3 is 2.95 bits per heavy atom. The van der Waals surface area contributed by atoms with E-state index >= 15 is 0 Å². The molecule has 104 valence electrons. The minimum Gasteiger partial charge on any atom is -0.368 e. The lowest BCUT2D eigenvalue weighted by molar-refractivity contribution is 0.342. The SMILES string of the molecule is CNCc1c(Cl)cccc1N1CCC2CCCCC21. The van der Waals surface area contributed by atoms with Crippen LogP contribution < -0.4 is 10.2 Å². The van der Waals surface area contributed by atoms with Gasteiger partial charge in [-0.2, -0.15) is 0 Å². The largest absolute Gasteiger partial charge is 0.368 e. The maximum absolute atomic E-state index is 6.40. The minimum atomic E-state index is 0.753. The molecule has 19 heavy (non-hydrogen) atoms. The maximum Gasteiger partial charge on any atom is 0.0471 e. The van der Waals surface area contributed by atoms with Crippen LogP contribution in [0.5, 0.6) is 0 Å². The van der Waals surface area contributed by atoms with Crippen molar-refractivity contribution in [2.75, 3.05) is 18.5 Å². The number of fused-ring (bicyclic) bond motifs is 1. The number of nitrogens with one attached hydrogen (secondary N) is 1. The molecule has 1 saturated carbocycles. The van der Waals surface area contributed by atoms with Crippen LogP contribution in [0.2, 0.25) is 5.02 Å². The summed E-state index contributed by atoms with van der Waals surface area (Å²) < 4.78 is 0. The molecule has 0 spiro atoms. The molecule has 1 heterocycles.